The standard InChI is InChI=1S/C17H27N3S.HI/c1-3-18-17(20-15-9-10-16(13-15)21-2)19-12-11-14-7-5-4-6-8-14;/h4-8,15-16H,3,9-13H2,1-2H3,(H2,18,19,20);1H. The van der Waals surface area contributed by atoms with E-state index in [0.717, 1.165) is 30.7 Å². The van der Waals surface area contributed by atoms with Crippen molar-refractivity contribution in [1.82, 2.24) is 10.6 Å². The van der Waals surface area contributed by atoms with Crippen LogP contribution in [-0.4, -0.2) is 36.6 Å². The predicted octanol–water partition coefficient (Wildman–Crippen LogP) is 3.69. The fourth-order valence-electron chi connectivity index (χ4n) is 2.74. The molecule has 1 aromatic rings. The van der Waals surface area contributed by atoms with Gasteiger partial charge in [0, 0.05) is 24.4 Å². The van der Waals surface area contributed by atoms with Crippen molar-refractivity contribution in [1.29, 1.82) is 0 Å². The highest BCUT2D eigenvalue weighted by Gasteiger charge is 2.24. The van der Waals surface area contributed by atoms with E-state index < -0.39 is 0 Å². The lowest BCUT2D eigenvalue weighted by atomic mass is 10.2. The SMILES string of the molecule is CCNC(=NCCc1ccccc1)NC1CCC(SC)C1.I. The van der Waals surface area contributed by atoms with Crippen LogP contribution in [0.2, 0.25) is 0 Å². The molecule has 0 radical (unpaired) electrons. The third-order valence-electron chi connectivity index (χ3n) is 3.92. The van der Waals surface area contributed by atoms with E-state index in [-0.39, 0.29) is 24.0 Å². The molecule has 0 bridgehead atoms. The van der Waals surface area contributed by atoms with Gasteiger partial charge in [0.15, 0.2) is 5.96 Å². The van der Waals surface area contributed by atoms with Gasteiger partial charge in [0.25, 0.3) is 0 Å². The second-order valence-electron chi connectivity index (χ2n) is 5.51. The summed E-state index contributed by atoms with van der Waals surface area (Å²) in [4.78, 5) is 4.71. The van der Waals surface area contributed by atoms with Crippen LogP contribution in [0.25, 0.3) is 0 Å². The number of hydrogen-bond acceptors (Lipinski definition) is 2. The molecule has 1 fully saturated rings. The van der Waals surface area contributed by atoms with Gasteiger partial charge >= 0.3 is 0 Å². The zero-order valence-electron chi connectivity index (χ0n) is 13.5. The Hall–Kier alpha value is -0.430. The summed E-state index contributed by atoms with van der Waals surface area (Å²) in [6.45, 7) is 3.86. The van der Waals surface area contributed by atoms with Crippen LogP contribution in [0.3, 0.4) is 0 Å². The molecule has 22 heavy (non-hydrogen) atoms. The molecule has 0 amide bonds. The Morgan fingerprint density at radius 2 is 2.05 bits per heavy atom. The highest BCUT2D eigenvalue weighted by Crippen LogP contribution is 2.27. The first-order valence-electron chi connectivity index (χ1n) is 7.93. The van der Waals surface area contributed by atoms with Gasteiger partial charge in [0.1, 0.15) is 0 Å². The van der Waals surface area contributed by atoms with E-state index in [1.54, 1.807) is 0 Å². The molecular weight excluding hydrogens is 405 g/mol. The van der Waals surface area contributed by atoms with Crippen LogP contribution >= 0.6 is 35.7 Å². The smallest absolute Gasteiger partial charge is 0.191 e. The van der Waals surface area contributed by atoms with Crippen molar-refractivity contribution in [3.63, 3.8) is 0 Å². The monoisotopic (exact) mass is 433 g/mol. The van der Waals surface area contributed by atoms with Crippen molar-refractivity contribution >= 4 is 41.7 Å². The maximum absolute atomic E-state index is 4.71. The van der Waals surface area contributed by atoms with E-state index in [0.29, 0.717) is 6.04 Å². The maximum Gasteiger partial charge on any atom is 0.191 e. The lowest BCUT2D eigenvalue weighted by Gasteiger charge is -2.17. The summed E-state index contributed by atoms with van der Waals surface area (Å²) in [6, 6.07) is 11.1. The number of guanidine groups is 1. The normalized spacial score (nSPS) is 21.3. The Kier molecular flexibility index (Phi) is 9.95. The molecule has 0 aromatic heterocycles. The second kappa shape index (κ2) is 11.2. The van der Waals surface area contributed by atoms with E-state index in [4.69, 9.17) is 4.99 Å². The van der Waals surface area contributed by atoms with Gasteiger partial charge in [-0.1, -0.05) is 30.3 Å². The van der Waals surface area contributed by atoms with Gasteiger partial charge in [-0.3, -0.25) is 4.99 Å². The van der Waals surface area contributed by atoms with Crippen LogP contribution in [0.1, 0.15) is 31.7 Å². The molecule has 2 N–H and O–H groups in total. The second-order valence-corrected chi connectivity index (χ2v) is 6.65. The Morgan fingerprint density at radius 3 is 2.68 bits per heavy atom. The van der Waals surface area contributed by atoms with Crippen molar-refractivity contribution in [3.8, 4) is 0 Å². The zero-order chi connectivity index (χ0) is 14.9. The molecule has 0 saturated heterocycles. The fourth-order valence-corrected chi connectivity index (χ4v) is 3.54. The Balaban J connectivity index is 0.00000242. The first-order chi connectivity index (χ1) is 10.3. The molecule has 2 atom stereocenters. The van der Waals surface area contributed by atoms with Gasteiger partial charge in [0.2, 0.25) is 0 Å². The summed E-state index contributed by atoms with van der Waals surface area (Å²) in [5, 5.41) is 7.77. The zero-order valence-corrected chi connectivity index (χ0v) is 16.7. The van der Waals surface area contributed by atoms with Gasteiger partial charge in [-0.2, -0.15) is 11.8 Å². The van der Waals surface area contributed by atoms with Crippen LogP contribution in [0.15, 0.2) is 35.3 Å². The largest absolute Gasteiger partial charge is 0.357 e. The molecule has 0 aliphatic heterocycles. The van der Waals surface area contributed by atoms with Crippen LogP contribution in [0, 0.1) is 0 Å². The summed E-state index contributed by atoms with van der Waals surface area (Å²) >= 11 is 1.99. The van der Waals surface area contributed by atoms with Crippen molar-refractivity contribution in [2.24, 2.45) is 4.99 Å². The first-order valence-corrected chi connectivity index (χ1v) is 9.22. The number of rotatable bonds is 6. The molecule has 1 aromatic carbocycles. The molecule has 2 rings (SSSR count). The Labute approximate surface area is 156 Å². The number of aliphatic imine (C=N–C) groups is 1. The summed E-state index contributed by atoms with van der Waals surface area (Å²) in [5.74, 6) is 0.972. The van der Waals surface area contributed by atoms with Gasteiger partial charge in [-0.05, 0) is 44.4 Å². The van der Waals surface area contributed by atoms with E-state index in [1.807, 2.05) is 11.8 Å². The minimum Gasteiger partial charge on any atom is -0.357 e. The lowest BCUT2D eigenvalue weighted by Crippen LogP contribution is -2.42. The third-order valence-corrected chi connectivity index (χ3v) is 5.01. The predicted molar refractivity (Wildman–Crippen MR) is 110 cm³/mol. The van der Waals surface area contributed by atoms with Crippen LogP contribution in [0.5, 0.6) is 0 Å². The Bertz CT molecular complexity index is 439. The van der Waals surface area contributed by atoms with Crippen LogP contribution in [0.4, 0.5) is 0 Å². The third kappa shape index (κ3) is 6.77. The summed E-state index contributed by atoms with van der Waals surface area (Å²) in [6.07, 6.45) is 7.04. The van der Waals surface area contributed by atoms with Gasteiger partial charge < -0.3 is 10.6 Å². The lowest BCUT2D eigenvalue weighted by molar-refractivity contribution is 0.615. The topological polar surface area (TPSA) is 36.4 Å². The molecule has 124 valence electrons. The van der Waals surface area contributed by atoms with Crippen molar-refractivity contribution in [2.75, 3.05) is 19.3 Å². The minimum atomic E-state index is 0. The van der Waals surface area contributed by atoms with E-state index in [2.05, 4.69) is 54.1 Å². The number of benzene rings is 1. The van der Waals surface area contributed by atoms with Crippen LogP contribution in [-0.2, 0) is 6.42 Å². The highest BCUT2D eigenvalue weighted by atomic mass is 127. The molecule has 0 heterocycles. The number of hydrogen-bond donors (Lipinski definition) is 2. The Morgan fingerprint density at radius 1 is 1.27 bits per heavy atom. The summed E-state index contributed by atoms with van der Waals surface area (Å²) in [5.41, 5.74) is 1.35. The molecule has 1 aliphatic carbocycles. The average molecular weight is 433 g/mol. The van der Waals surface area contributed by atoms with Crippen molar-refractivity contribution in [3.05, 3.63) is 35.9 Å². The number of thioether (sulfide) groups is 1. The molecular formula is C17H28IN3S. The van der Waals surface area contributed by atoms with Gasteiger partial charge in [-0.15, -0.1) is 24.0 Å². The summed E-state index contributed by atoms with van der Waals surface area (Å²) in [7, 11) is 0. The first kappa shape index (κ1) is 19.6. The molecule has 0 spiro atoms. The van der Waals surface area contributed by atoms with E-state index in [1.165, 1.54) is 24.8 Å². The van der Waals surface area contributed by atoms with E-state index >= 15 is 0 Å². The van der Waals surface area contributed by atoms with Crippen LogP contribution < -0.4 is 10.6 Å². The quantitative estimate of drug-likeness (QED) is 0.408. The highest BCUT2D eigenvalue weighted by molar-refractivity contribution is 14.0. The molecule has 3 nitrogen and oxygen atoms in total. The molecule has 5 heteroatoms. The molecule has 1 aliphatic rings. The van der Waals surface area contributed by atoms with Crippen molar-refractivity contribution in [2.45, 2.75) is 43.9 Å². The number of halogens is 1. The van der Waals surface area contributed by atoms with Gasteiger partial charge in [0.05, 0.1) is 0 Å². The fraction of sp³-hybridized carbons (Fsp3) is 0.588. The number of nitrogens with one attached hydrogen (secondary N) is 2. The number of nitrogens with zero attached hydrogens (tertiary/aromatic N) is 1. The minimum absolute atomic E-state index is 0. The molecule has 1 saturated carbocycles. The maximum atomic E-state index is 4.71. The van der Waals surface area contributed by atoms with Crippen molar-refractivity contribution < 1.29 is 0 Å². The van der Waals surface area contributed by atoms with E-state index in [9.17, 15) is 0 Å². The summed E-state index contributed by atoms with van der Waals surface area (Å²) < 4.78 is 0. The average Bonchev–Trinajstić information content (AvgIpc) is 2.96. The van der Waals surface area contributed by atoms with Gasteiger partial charge in [-0.25, -0.2) is 0 Å². The molecule has 2 unspecified atom stereocenters.